The van der Waals surface area contributed by atoms with Gasteiger partial charge >= 0.3 is 0 Å². The smallest absolute Gasteiger partial charge is 0.251 e. The van der Waals surface area contributed by atoms with Crippen LogP contribution in [-0.2, 0) is 21.5 Å². The summed E-state index contributed by atoms with van der Waals surface area (Å²) in [6.07, 6.45) is 2.76. The van der Waals surface area contributed by atoms with Gasteiger partial charge in [0.15, 0.2) is 0 Å². The molecule has 0 aliphatic carbocycles. The van der Waals surface area contributed by atoms with Gasteiger partial charge in [-0.05, 0) is 66.9 Å². The van der Waals surface area contributed by atoms with E-state index in [0.717, 1.165) is 11.3 Å². The van der Waals surface area contributed by atoms with Crippen molar-refractivity contribution in [1.82, 2.24) is 5.32 Å². The monoisotopic (exact) mass is 434 g/mol. The number of carbonyl (C=O) groups is 2. The summed E-state index contributed by atoms with van der Waals surface area (Å²) in [7, 11) is 1.62. The lowest BCUT2D eigenvalue weighted by Gasteiger charge is -2.36. The first-order chi connectivity index (χ1) is 15.6. The zero-order valence-corrected chi connectivity index (χ0v) is 17.9. The summed E-state index contributed by atoms with van der Waals surface area (Å²) < 4.78 is 16.0. The van der Waals surface area contributed by atoms with Crippen molar-refractivity contribution < 1.29 is 23.5 Å². The second-order valence-corrected chi connectivity index (χ2v) is 7.72. The van der Waals surface area contributed by atoms with E-state index < -0.39 is 5.41 Å². The van der Waals surface area contributed by atoms with Crippen LogP contribution in [0.5, 0.6) is 5.75 Å². The fraction of sp³-hybridized carbons (Fsp3) is 0.280. The van der Waals surface area contributed by atoms with Gasteiger partial charge in [0, 0.05) is 24.5 Å². The van der Waals surface area contributed by atoms with Crippen LogP contribution in [0.25, 0.3) is 0 Å². The standard InChI is InChI=1S/C25H26N2O5/c1-30-21-10-6-19(7-11-21)25(12-15-31-16-13-25)24(29)27-20-8-4-18(5-9-20)23(28)26-17-22-3-2-14-32-22/h2-11,14H,12-13,15-17H2,1H3,(H,26,28)(H,27,29). The van der Waals surface area contributed by atoms with Crippen molar-refractivity contribution in [3.8, 4) is 5.75 Å². The molecule has 166 valence electrons. The quantitative estimate of drug-likeness (QED) is 0.589. The molecule has 2 aromatic carbocycles. The highest BCUT2D eigenvalue weighted by Gasteiger charge is 2.41. The number of benzene rings is 2. The molecule has 32 heavy (non-hydrogen) atoms. The third-order valence-electron chi connectivity index (χ3n) is 5.83. The summed E-state index contributed by atoms with van der Waals surface area (Å²) in [5, 5.41) is 5.83. The molecule has 1 saturated heterocycles. The highest BCUT2D eigenvalue weighted by molar-refractivity contribution is 6.00. The number of anilines is 1. The van der Waals surface area contributed by atoms with Crippen LogP contribution >= 0.6 is 0 Å². The highest BCUT2D eigenvalue weighted by Crippen LogP contribution is 2.37. The van der Waals surface area contributed by atoms with Crippen LogP contribution in [0.3, 0.4) is 0 Å². The number of ether oxygens (including phenoxy) is 2. The maximum Gasteiger partial charge on any atom is 0.251 e. The Morgan fingerprint density at radius 3 is 2.34 bits per heavy atom. The van der Waals surface area contributed by atoms with Gasteiger partial charge in [0.05, 0.1) is 25.3 Å². The lowest BCUT2D eigenvalue weighted by atomic mass is 9.73. The van der Waals surface area contributed by atoms with Crippen LogP contribution in [-0.4, -0.2) is 32.1 Å². The van der Waals surface area contributed by atoms with Gasteiger partial charge in [-0.25, -0.2) is 0 Å². The molecule has 1 aliphatic heterocycles. The minimum absolute atomic E-state index is 0.0824. The molecular formula is C25H26N2O5. The van der Waals surface area contributed by atoms with E-state index in [0.29, 0.717) is 49.6 Å². The van der Waals surface area contributed by atoms with Crippen LogP contribution in [0.1, 0.15) is 34.5 Å². The van der Waals surface area contributed by atoms with Crippen molar-refractivity contribution in [1.29, 1.82) is 0 Å². The molecule has 3 aromatic rings. The van der Waals surface area contributed by atoms with Gasteiger partial charge in [-0.3, -0.25) is 9.59 Å². The second-order valence-electron chi connectivity index (χ2n) is 7.72. The molecule has 7 heteroatoms. The van der Waals surface area contributed by atoms with Crippen molar-refractivity contribution in [2.45, 2.75) is 24.8 Å². The molecule has 2 heterocycles. The lowest BCUT2D eigenvalue weighted by molar-refractivity contribution is -0.125. The molecule has 0 atom stereocenters. The summed E-state index contributed by atoms with van der Waals surface area (Å²) in [6, 6.07) is 18.1. The van der Waals surface area contributed by atoms with Gasteiger partial charge in [0.2, 0.25) is 5.91 Å². The molecular weight excluding hydrogens is 408 g/mol. The van der Waals surface area contributed by atoms with E-state index in [2.05, 4.69) is 10.6 Å². The number of rotatable bonds is 7. The fourth-order valence-electron chi connectivity index (χ4n) is 3.92. The average molecular weight is 434 g/mol. The van der Waals surface area contributed by atoms with Gasteiger partial charge in [-0.1, -0.05) is 12.1 Å². The Bertz CT molecular complexity index is 1040. The first kappa shape index (κ1) is 21.6. The van der Waals surface area contributed by atoms with Crippen molar-refractivity contribution in [2.75, 3.05) is 25.6 Å². The molecule has 0 saturated carbocycles. The zero-order valence-electron chi connectivity index (χ0n) is 17.9. The molecule has 1 aliphatic rings. The minimum atomic E-state index is -0.677. The van der Waals surface area contributed by atoms with Gasteiger partial charge in [-0.15, -0.1) is 0 Å². The Morgan fingerprint density at radius 1 is 1.00 bits per heavy atom. The summed E-state index contributed by atoms with van der Waals surface area (Å²) in [5.41, 5.74) is 1.40. The molecule has 0 unspecified atom stereocenters. The van der Waals surface area contributed by atoms with Gasteiger partial charge in [-0.2, -0.15) is 0 Å². The third kappa shape index (κ3) is 4.68. The third-order valence-corrected chi connectivity index (χ3v) is 5.83. The predicted octanol–water partition coefficient (Wildman–Crippen LogP) is 3.91. The summed E-state index contributed by atoms with van der Waals surface area (Å²) in [4.78, 5) is 25.8. The molecule has 0 bridgehead atoms. The van der Waals surface area contributed by atoms with Crippen molar-refractivity contribution >= 4 is 17.5 Å². The number of methoxy groups -OCH3 is 1. The van der Waals surface area contributed by atoms with Crippen LogP contribution in [0.15, 0.2) is 71.3 Å². The van der Waals surface area contributed by atoms with Crippen LogP contribution in [0, 0.1) is 0 Å². The van der Waals surface area contributed by atoms with Crippen LogP contribution in [0.2, 0.25) is 0 Å². The minimum Gasteiger partial charge on any atom is -0.497 e. The van der Waals surface area contributed by atoms with E-state index in [1.807, 2.05) is 24.3 Å². The normalized spacial score (nSPS) is 15.0. The number of carbonyl (C=O) groups excluding carboxylic acids is 2. The zero-order chi connectivity index (χ0) is 22.4. The number of amides is 2. The van der Waals surface area contributed by atoms with Gasteiger partial charge in [0.1, 0.15) is 11.5 Å². The average Bonchev–Trinajstić information content (AvgIpc) is 3.37. The number of hydrogen-bond acceptors (Lipinski definition) is 5. The van der Waals surface area contributed by atoms with Gasteiger partial charge in [0.25, 0.3) is 5.91 Å². The Kier molecular flexibility index (Phi) is 6.56. The molecule has 4 rings (SSSR count). The van der Waals surface area contributed by atoms with Crippen molar-refractivity contribution in [3.63, 3.8) is 0 Å². The number of nitrogens with one attached hydrogen (secondary N) is 2. The Hall–Kier alpha value is -3.58. The van der Waals surface area contributed by atoms with E-state index in [-0.39, 0.29) is 11.8 Å². The number of furan rings is 1. The molecule has 2 amide bonds. The maximum absolute atomic E-state index is 13.4. The fourth-order valence-corrected chi connectivity index (χ4v) is 3.92. The second kappa shape index (κ2) is 9.70. The van der Waals surface area contributed by atoms with Crippen molar-refractivity contribution in [2.24, 2.45) is 0 Å². The van der Waals surface area contributed by atoms with Crippen LogP contribution in [0.4, 0.5) is 5.69 Å². The molecule has 2 N–H and O–H groups in total. The van der Waals surface area contributed by atoms with E-state index >= 15 is 0 Å². The first-order valence-corrected chi connectivity index (χ1v) is 10.6. The molecule has 7 nitrogen and oxygen atoms in total. The predicted molar refractivity (Wildman–Crippen MR) is 120 cm³/mol. The highest BCUT2D eigenvalue weighted by atomic mass is 16.5. The Balaban J connectivity index is 1.45. The molecule has 1 fully saturated rings. The van der Waals surface area contributed by atoms with E-state index in [1.165, 1.54) is 0 Å². The Labute approximate surface area is 186 Å². The van der Waals surface area contributed by atoms with Gasteiger partial charge < -0.3 is 24.5 Å². The SMILES string of the molecule is COc1ccc(C2(C(=O)Nc3ccc(C(=O)NCc4ccco4)cc3)CCOCC2)cc1. The largest absolute Gasteiger partial charge is 0.497 e. The summed E-state index contributed by atoms with van der Waals surface area (Å²) in [5.74, 6) is 1.14. The molecule has 1 aromatic heterocycles. The Morgan fingerprint density at radius 2 is 1.72 bits per heavy atom. The molecule has 0 radical (unpaired) electrons. The summed E-state index contributed by atoms with van der Waals surface area (Å²) in [6.45, 7) is 1.36. The lowest BCUT2D eigenvalue weighted by Crippen LogP contribution is -2.44. The van der Waals surface area contributed by atoms with E-state index in [9.17, 15) is 9.59 Å². The van der Waals surface area contributed by atoms with E-state index in [4.69, 9.17) is 13.9 Å². The number of hydrogen-bond donors (Lipinski definition) is 2. The topological polar surface area (TPSA) is 89.8 Å². The maximum atomic E-state index is 13.4. The molecule has 0 spiro atoms. The van der Waals surface area contributed by atoms with Crippen molar-refractivity contribution in [3.05, 3.63) is 83.8 Å². The van der Waals surface area contributed by atoms with Crippen LogP contribution < -0.4 is 15.4 Å². The van der Waals surface area contributed by atoms with E-state index in [1.54, 1.807) is 49.8 Å². The first-order valence-electron chi connectivity index (χ1n) is 10.6. The summed E-state index contributed by atoms with van der Waals surface area (Å²) >= 11 is 0.